The lowest BCUT2D eigenvalue weighted by Crippen LogP contribution is -2.27. The molecule has 0 aromatic heterocycles. The van der Waals surface area contributed by atoms with E-state index in [-0.39, 0.29) is 0 Å². The summed E-state index contributed by atoms with van der Waals surface area (Å²) in [6.45, 7) is 2.21. The van der Waals surface area contributed by atoms with Crippen molar-refractivity contribution in [3.05, 3.63) is 24.3 Å². The maximum atomic E-state index is 5.65. The molecule has 0 radical (unpaired) electrons. The van der Waals surface area contributed by atoms with Gasteiger partial charge in [-0.25, -0.2) is 0 Å². The molecule has 0 saturated heterocycles. The summed E-state index contributed by atoms with van der Waals surface area (Å²) in [5, 5.41) is 0. The van der Waals surface area contributed by atoms with Crippen LogP contribution in [0.4, 0.5) is 11.4 Å². The second-order valence-electron chi connectivity index (χ2n) is 2.96. The first kappa shape index (κ1) is 12.4. The molecule has 14 heavy (non-hydrogen) atoms. The highest BCUT2D eigenvalue weighted by atomic mass is 127. The molecule has 0 heterocycles. The van der Waals surface area contributed by atoms with Gasteiger partial charge in [-0.05, 0) is 24.3 Å². The van der Waals surface area contributed by atoms with Crippen molar-refractivity contribution in [3.8, 4) is 0 Å². The van der Waals surface area contributed by atoms with Crippen molar-refractivity contribution in [3.63, 3.8) is 0 Å². The maximum absolute atomic E-state index is 5.65. The lowest BCUT2D eigenvalue weighted by atomic mass is 10.2. The molecule has 0 amide bonds. The number of anilines is 2. The molecule has 0 atom stereocenters. The molecule has 78 valence electrons. The topological polar surface area (TPSA) is 29.3 Å². The Bertz CT molecular complexity index is 255. The predicted octanol–water partition coefficient (Wildman–Crippen LogP) is 2.95. The molecular weight excluding hydrogens is 402 g/mol. The Morgan fingerprint density at radius 3 is 1.93 bits per heavy atom. The third-order valence-corrected chi connectivity index (χ3v) is 2.93. The Kier molecular flexibility index (Phi) is 5.92. The Morgan fingerprint density at radius 1 is 1.00 bits per heavy atom. The van der Waals surface area contributed by atoms with E-state index >= 15 is 0 Å². The first-order chi connectivity index (χ1) is 6.77. The van der Waals surface area contributed by atoms with Crippen molar-refractivity contribution >= 4 is 56.6 Å². The predicted molar refractivity (Wildman–Crippen MR) is 80.8 cm³/mol. The quantitative estimate of drug-likeness (QED) is 0.455. The molecule has 4 heteroatoms. The number of alkyl halides is 2. The van der Waals surface area contributed by atoms with Crippen LogP contribution in [0.25, 0.3) is 0 Å². The number of hydrogen-bond donors (Lipinski definition) is 1. The highest BCUT2D eigenvalue weighted by Gasteiger charge is 2.03. The monoisotopic (exact) mass is 416 g/mol. The molecule has 0 aliphatic heterocycles. The molecule has 2 N–H and O–H groups in total. The molecule has 0 aliphatic rings. The van der Waals surface area contributed by atoms with Crippen LogP contribution in [0, 0.1) is 0 Å². The second-order valence-corrected chi connectivity index (χ2v) is 5.11. The minimum Gasteiger partial charge on any atom is -0.399 e. The number of nitrogens with zero attached hydrogens (tertiary/aromatic N) is 1. The molecule has 0 spiro atoms. The third-order valence-electron chi connectivity index (χ3n) is 1.97. The van der Waals surface area contributed by atoms with Gasteiger partial charge in [-0.2, -0.15) is 0 Å². The zero-order valence-electron chi connectivity index (χ0n) is 7.92. The summed E-state index contributed by atoms with van der Waals surface area (Å²) in [5.41, 5.74) is 7.76. The smallest absolute Gasteiger partial charge is 0.0368 e. The van der Waals surface area contributed by atoms with Crippen molar-refractivity contribution in [2.75, 3.05) is 32.6 Å². The van der Waals surface area contributed by atoms with Gasteiger partial charge in [0.15, 0.2) is 0 Å². The first-order valence-corrected chi connectivity index (χ1v) is 7.55. The number of nitrogens with two attached hydrogens (primary N) is 1. The third kappa shape index (κ3) is 3.80. The summed E-state index contributed by atoms with van der Waals surface area (Å²) in [4.78, 5) is 2.39. The molecule has 0 saturated carbocycles. The van der Waals surface area contributed by atoms with Crippen LogP contribution in [0.3, 0.4) is 0 Å². The Morgan fingerprint density at radius 2 is 1.50 bits per heavy atom. The van der Waals surface area contributed by atoms with E-state index in [9.17, 15) is 0 Å². The summed E-state index contributed by atoms with van der Waals surface area (Å²) in [6.07, 6.45) is 0. The van der Waals surface area contributed by atoms with Gasteiger partial charge in [0.1, 0.15) is 0 Å². The molecule has 0 bridgehead atoms. The highest BCUT2D eigenvalue weighted by molar-refractivity contribution is 14.1. The van der Waals surface area contributed by atoms with E-state index in [1.54, 1.807) is 0 Å². The van der Waals surface area contributed by atoms with Crippen LogP contribution >= 0.6 is 45.2 Å². The summed E-state index contributed by atoms with van der Waals surface area (Å²) in [5.74, 6) is 0. The van der Waals surface area contributed by atoms with E-state index in [1.165, 1.54) is 5.69 Å². The first-order valence-electron chi connectivity index (χ1n) is 4.50. The zero-order valence-corrected chi connectivity index (χ0v) is 12.2. The molecule has 0 fully saturated rings. The second kappa shape index (κ2) is 6.71. The van der Waals surface area contributed by atoms with Crippen molar-refractivity contribution in [2.45, 2.75) is 0 Å². The molecule has 1 aromatic carbocycles. The van der Waals surface area contributed by atoms with Crippen LogP contribution in [0.2, 0.25) is 0 Å². The number of hydrogen-bond acceptors (Lipinski definition) is 2. The molecule has 1 aromatic rings. The molecular formula is C10H14I2N2. The summed E-state index contributed by atoms with van der Waals surface area (Å²) < 4.78 is 2.30. The van der Waals surface area contributed by atoms with Gasteiger partial charge in [-0.15, -0.1) is 0 Å². The lowest BCUT2D eigenvalue weighted by Gasteiger charge is -2.23. The minimum absolute atomic E-state index is 0.831. The largest absolute Gasteiger partial charge is 0.399 e. The molecule has 0 aliphatic carbocycles. The highest BCUT2D eigenvalue weighted by Crippen LogP contribution is 2.16. The van der Waals surface area contributed by atoms with E-state index in [0.29, 0.717) is 0 Å². The van der Waals surface area contributed by atoms with Gasteiger partial charge < -0.3 is 10.6 Å². The van der Waals surface area contributed by atoms with Crippen LogP contribution in [0.5, 0.6) is 0 Å². The van der Waals surface area contributed by atoms with Crippen molar-refractivity contribution < 1.29 is 0 Å². The molecule has 0 unspecified atom stereocenters. The maximum Gasteiger partial charge on any atom is 0.0368 e. The average molecular weight is 416 g/mol. The fourth-order valence-corrected chi connectivity index (χ4v) is 2.42. The zero-order chi connectivity index (χ0) is 10.4. The fraction of sp³-hybridized carbons (Fsp3) is 0.400. The standard InChI is InChI=1S/C10H14I2N2/c11-5-7-14(8-6-12)10-3-1-9(13)2-4-10/h1-4H,5-8,13H2. The number of rotatable bonds is 5. The van der Waals surface area contributed by atoms with Crippen molar-refractivity contribution in [2.24, 2.45) is 0 Å². The normalized spacial score (nSPS) is 10.1. The molecule has 1 rings (SSSR count). The Hall–Kier alpha value is 0.280. The van der Waals surface area contributed by atoms with Gasteiger partial charge in [0.25, 0.3) is 0 Å². The van der Waals surface area contributed by atoms with E-state index in [4.69, 9.17) is 5.73 Å². The fourth-order valence-electron chi connectivity index (χ4n) is 1.26. The SMILES string of the molecule is Nc1ccc(N(CCI)CCI)cc1. The summed E-state index contributed by atoms with van der Waals surface area (Å²) in [7, 11) is 0. The van der Waals surface area contributed by atoms with Gasteiger partial charge in [-0.3, -0.25) is 0 Å². The van der Waals surface area contributed by atoms with Crippen LogP contribution < -0.4 is 10.6 Å². The Balaban J connectivity index is 2.71. The number of benzene rings is 1. The van der Waals surface area contributed by atoms with Gasteiger partial charge in [0, 0.05) is 33.3 Å². The van der Waals surface area contributed by atoms with Gasteiger partial charge in [0.2, 0.25) is 0 Å². The van der Waals surface area contributed by atoms with Crippen LogP contribution in [-0.4, -0.2) is 21.9 Å². The van der Waals surface area contributed by atoms with E-state index in [0.717, 1.165) is 27.6 Å². The lowest BCUT2D eigenvalue weighted by molar-refractivity contribution is 0.892. The molecule has 2 nitrogen and oxygen atoms in total. The van der Waals surface area contributed by atoms with Crippen molar-refractivity contribution in [1.82, 2.24) is 0 Å². The van der Waals surface area contributed by atoms with E-state index in [1.807, 2.05) is 12.1 Å². The summed E-state index contributed by atoms with van der Waals surface area (Å²) in [6, 6.07) is 8.10. The minimum atomic E-state index is 0.831. The average Bonchev–Trinajstić information content (AvgIpc) is 2.19. The van der Waals surface area contributed by atoms with Crippen LogP contribution in [-0.2, 0) is 0 Å². The van der Waals surface area contributed by atoms with Gasteiger partial charge >= 0.3 is 0 Å². The van der Waals surface area contributed by atoms with Gasteiger partial charge in [0.05, 0.1) is 0 Å². The van der Waals surface area contributed by atoms with E-state index in [2.05, 4.69) is 62.2 Å². The van der Waals surface area contributed by atoms with Crippen LogP contribution in [0.15, 0.2) is 24.3 Å². The number of nitrogen functional groups attached to an aromatic ring is 1. The van der Waals surface area contributed by atoms with Gasteiger partial charge in [-0.1, -0.05) is 45.2 Å². The van der Waals surface area contributed by atoms with E-state index < -0.39 is 0 Å². The van der Waals surface area contributed by atoms with Crippen LogP contribution in [0.1, 0.15) is 0 Å². The summed E-state index contributed by atoms with van der Waals surface area (Å²) >= 11 is 4.81. The Labute approximate surface area is 113 Å². The number of halogens is 2. The van der Waals surface area contributed by atoms with Crippen molar-refractivity contribution in [1.29, 1.82) is 0 Å².